The normalized spacial score (nSPS) is 13.0. The maximum Gasteiger partial charge on any atom is 0.264 e. The van der Waals surface area contributed by atoms with Crippen LogP contribution in [0.4, 0.5) is 0 Å². The van der Waals surface area contributed by atoms with Crippen molar-refractivity contribution in [3.05, 3.63) is 71.8 Å². The Labute approximate surface area is 126 Å². The molecule has 0 radical (unpaired) electrons. The SMILES string of the molecule is CS(=O)(=O)OCCC(Cc1ccccc1)c1ccccc1. The Bertz CT molecular complexity index is 636. The lowest BCUT2D eigenvalue weighted by molar-refractivity contribution is 0.302. The minimum Gasteiger partial charge on any atom is -0.270 e. The molecule has 1 unspecified atom stereocenters. The van der Waals surface area contributed by atoms with Gasteiger partial charge in [-0.25, -0.2) is 0 Å². The summed E-state index contributed by atoms with van der Waals surface area (Å²) in [5.74, 6) is 0.246. The van der Waals surface area contributed by atoms with Gasteiger partial charge < -0.3 is 0 Å². The number of benzene rings is 2. The molecule has 3 nitrogen and oxygen atoms in total. The second kappa shape index (κ2) is 7.38. The highest BCUT2D eigenvalue weighted by molar-refractivity contribution is 7.85. The van der Waals surface area contributed by atoms with Gasteiger partial charge in [-0.2, -0.15) is 8.42 Å². The molecule has 112 valence electrons. The minimum absolute atomic E-state index is 0.214. The summed E-state index contributed by atoms with van der Waals surface area (Å²) in [7, 11) is -3.37. The first kappa shape index (κ1) is 15.7. The molecular formula is C17H20O3S. The first-order valence-electron chi connectivity index (χ1n) is 6.98. The Balaban J connectivity index is 2.07. The van der Waals surface area contributed by atoms with Crippen molar-refractivity contribution in [1.29, 1.82) is 0 Å². The van der Waals surface area contributed by atoms with Crippen molar-refractivity contribution >= 4 is 10.1 Å². The van der Waals surface area contributed by atoms with E-state index in [0.717, 1.165) is 12.7 Å². The van der Waals surface area contributed by atoms with Gasteiger partial charge in [0.05, 0.1) is 12.9 Å². The minimum atomic E-state index is -3.37. The van der Waals surface area contributed by atoms with E-state index >= 15 is 0 Å². The Kier molecular flexibility index (Phi) is 5.53. The summed E-state index contributed by atoms with van der Waals surface area (Å²) >= 11 is 0. The Morgan fingerprint density at radius 1 is 0.952 bits per heavy atom. The van der Waals surface area contributed by atoms with Gasteiger partial charge in [-0.1, -0.05) is 60.7 Å². The van der Waals surface area contributed by atoms with Crippen molar-refractivity contribution in [2.75, 3.05) is 12.9 Å². The van der Waals surface area contributed by atoms with E-state index in [1.807, 2.05) is 36.4 Å². The molecular weight excluding hydrogens is 284 g/mol. The maximum absolute atomic E-state index is 11.1. The quantitative estimate of drug-likeness (QED) is 0.737. The van der Waals surface area contributed by atoms with Crippen LogP contribution in [-0.4, -0.2) is 21.3 Å². The molecule has 2 aromatic carbocycles. The van der Waals surface area contributed by atoms with Crippen molar-refractivity contribution in [2.24, 2.45) is 0 Å². The summed E-state index contributed by atoms with van der Waals surface area (Å²) in [6, 6.07) is 20.4. The third-order valence-electron chi connectivity index (χ3n) is 3.36. The molecule has 0 heterocycles. The van der Waals surface area contributed by atoms with E-state index in [1.165, 1.54) is 11.1 Å². The van der Waals surface area contributed by atoms with Crippen LogP contribution in [0.2, 0.25) is 0 Å². The fraction of sp³-hybridized carbons (Fsp3) is 0.294. The van der Waals surface area contributed by atoms with Gasteiger partial charge in [0.1, 0.15) is 0 Å². The van der Waals surface area contributed by atoms with E-state index < -0.39 is 10.1 Å². The van der Waals surface area contributed by atoms with Crippen LogP contribution in [0.3, 0.4) is 0 Å². The number of rotatable bonds is 7. The molecule has 0 aliphatic carbocycles. The highest BCUT2D eigenvalue weighted by Gasteiger charge is 2.13. The summed E-state index contributed by atoms with van der Waals surface area (Å²) in [5.41, 5.74) is 2.45. The lowest BCUT2D eigenvalue weighted by Gasteiger charge is -2.17. The molecule has 0 aromatic heterocycles. The van der Waals surface area contributed by atoms with Crippen LogP contribution < -0.4 is 0 Å². The third kappa shape index (κ3) is 5.69. The van der Waals surface area contributed by atoms with E-state index in [0.29, 0.717) is 6.42 Å². The van der Waals surface area contributed by atoms with E-state index in [4.69, 9.17) is 4.18 Å². The van der Waals surface area contributed by atoms with Gasteiger partial charge in [0.15, 0.2) is 0 Å². The lowest BCUT2D eigenvalue weighted by atomic mass is 9.89. The zero-order valence-electron chi connectivity index (χ0n) is 12.1. The lowest BCUT2D eigenvalue weighted by Crippen LogP contribution is -2.10. The van der Waals surface area contributed by atoms with Crippen molar-refractivity contribution in [2.45, 2.75) is 18.8 Å². The van der Waals surface area contributed by atoms with Crippen LogP contribution in [0.25, 0.3) is 0 Å². The van der Waals surface area contributed by atoms with E-state index in [1.54, 1.807) is 0 Å². The van der Waals surface area contributed by atoms with Gasteiger partial charge in [0.2, 0.25) is 0 Å². The van der Waals surface area contributed by atoms with Crippen LogP contribution in [0.5, 0.6) is 0 Å². The predicted octanol–water partition coefficient (Wildman–Crippen LogP) is 3.38. The van der Waals surface area contributed by atoms with Gasteiger partial charge >= 0.3 is 0 Å². The molecule has 1 atom stereocenters. The first-order chi connectivity index (χ1) is 10.0. The molecule has 0 bridgehead atoms. The molecule has 0 fully saturated rings. The summed E-state index contributed by atoms with van der Waals surface area (Å²) < 4.78 is 27.1. The van der Waals surface area contributed by atoms with E-state index in [-0.39, 0.29) is 12.5 Å². The molecule has 0 aliphatic heterocycles. The van der Waals surface area contributed by atoms with E-state index in [2.05, 4.69) is 24.3 Å². The average molecular weight is 304 g/mol. The standard InChI is InChI=1S/C17H20O3S/c1-21(18,19)20-13-12-17(16-10-6-3-7-11-16)14-15-8-4-2-5-9-15/h2-11,17H,12-14H2,1H3. The van der Waals surface area contributed by atoms with Gasteiger partial charge in [0, 0.05) is 0 Å². The summed E-state index contributed by atoms with van der Waals surface area (Å²) in [5, 5.41) is 0. The molecule has 0 aliphatic rings. The van der Waals surface area contributed by atoms with Crippen molar-refractivity contribution in [1.82, 2.24) is 0 Å². The molecule has 0 N–H and O–H groups in total. The zero-order chi connectivity index (χ0) is 15.1. The second-order valence-corrected chi connectivity index (χ2v) is 6.76. The fourth-order valence-electron chi connectivity index (χ4n) is 2.35. The molecule has 2 aromatic rings. The largest absolute Gasteiger partial charge is 0.270 e. The van der Waals surface area contributed by atoms with Crippen molar-refractivity contribution in [3.8, 4) is 0 Å². The summed E-state index contributed by atoms with van der Waals surface area (Å²) in [4.78, 5) is 0. The number of hydrogen-bond acceptors (Lipinski definition) is 3. The summed E-state index contributed by atoms with van der Waals surface area (Å²) in [6.07, 6.45) is 2.63. The predicted molar refractivity (Wildman–Crippen MR) is 84.7 cm³/mol. The monoisotopic (exact) mass is 304 g/mol. The molecule has 4 heteroatoms. The van der Waals surface area contributed by atoms with Gasteiger partial charge in [0.25, 0.3) is 10.1 Å². The molecule has 2 rings (SSSR count). The molecule has 0 saturated heterocycles. The van der Waals surface area contributed by atoms with Crippen LogP contribution in [0, 0.1) is 0 Å². The highest BCUT2D eigenvalue weighted by atomic mass is 32.2. The third-order valence-corrected chi connectivity index (χ3v) is 3.95. The molecule has 0 saturated carbocycles. The molecule has 0 amide bonds. The Morgan fingerprint density at radius 2 is 1.52 bits per heavy atom. The zero-order valence-corrected chi connectivity index (χ0v) is 12.9. The van der Waals surface area contributed by atoms with Crippen LogP contribution in [0.1, 0.15) is 23.5 Å². The topological polar surface area (TPSA) is 43.4 Å². The smallest absolute Gasteiger partial charge is 0.264 e. The fourth-order valence-corrected chi connectivity index (χ4v) is 2.75. The van der Waals surface area contributed by atoms with E-state index in [9.17, 15) is 8.42 Å². The van der Waals surface area contributed by atoms with Gasteiger partial charge in [-0.15, -0.1) is 0 Å². The summed E-state index contributed by atoms with van der Waals surface area (Å²) in [6.45, 7) is 0.214. The maximum atomic E-state index is 11.1. The first-order valence-corrected chi connectivity index (χ1v) is 8.79. The van der Waals surface area contributed by atoms with Crippen molar-refractivity contribution < 1.29 is 12.6 Å². The molecule has 21 heavy (non-hydrogen) atoms. The average Bonchev–Trinajstić information content (AvgIpc) is 2.47. The molecule has 0 spiro atoms. The second-order valence-electron chi connectivity index (χ2n) is 5.11. The van der Waals surface area contributed by atoms with Crippen molar-refractivity contribution in [3.63, 3.8) is 0 Å². The van der Waals surface area contributed by atoms with Crippen LogP contribution >= 0.6 is 0 Å². The van der Waals surface area contributed by atoms with Crippen LogP contribution in [0.15, 0.2) is 60.7 Å². The Morgan fingerprint density at radius 3 is 2.10 bits per heavy atom. The number of hydrogen-bond donors (Lipinski definition) is 0. The van der Waals surface area contributed by atoms with Gasteiger partial charge in [-0.3, -0.25) is 4.18 Å². The van der Waals surface area contributed by atoms with Gasteiger partial charge in [-0.05, 0) is 29.9 Å². The highest BCUT2D eigenvalue weighted by Crippen LogP contribution is 2.24. The van der Waals surface area contributed by atoms with Crippen LogP contribution in [-0.2, 0) is 20.7 Å². The Hall–Kier alpha value is -1.65.